The van der Waals surface area contributed by atoms with E-state index >= 15 is 0 Å². The van der Waals surface area contributed by atoms with Crippen LogP contribution in [0.3, 0.4) is 0 Å². The number of unbranched alkanes of at least 4 members (excludes halogenated alkanes) is 39. The standard InChI is InChI=1S/C54H111NO3/c1-4-7-10-13-16-19-22-25-28-31-34-37-40-43-48-56-51-46-47-55-54(52-57-49-44-41-38-35-32-29-26-23-20-17-14-11-8-5-2)53-58-50-45-42-39-36-33-30-27-24-21-18-15-12-9-6-3/h54-55H,4-53H2,1-3H3. The van der Waals surface area contributed by atoms with Gasteiger partial charge in [-0.15, -0.1) is 0 Å². The molecule has 58 heavy (non-hydrogen) atoms. The average Bonchev–Trinajstić information content (AvgIpc) is 3.23. The summed E-state index contributed by atoms with van der Waals surface area (Å²) in [4.78, 5) is 0. The van der Waals surface area contributed by atoms with Crippen LogP contribution >= 0.6 is 0 Å². The smallest absolute Gasteiger partial charge is 0.0642 e. The zero-order chi connectivity index (χ0) is 41.8. The molecule has 4 nitrogen and oxygen atoms in total. The highest BCUT2D eigenvalue weighted by atomic mass is 16.5. The first-order valence-corrected chi connectivity index (χ1v) is 27.3. The minimum atomic E-state index is 0.282. The van der Waals surface area contributed by atoms with Crippen LogP contribution in [-0.2, 0) is 14.2 Å². The largest absolute Gasteiger partial charge is 0.381 e. The van der Waals surface area contributed by atoms with Gasteiger partial charge in [-0.25, -0.2) is 0 Å². The van der Waals surface area contributed by atoms with Crippen molar-refractivity contribution in [3.05, 3.63) is 0 Å². The number of nitrogens with one attached hydrogen (secondary N) is 1. The maximum absolute atomic E-state index is 6.20. The lowest BCUT2D eigenvalue weighted by atomic mass is 10.0. The molecular formula is C54H111NO3. The van der Waals surface area contributed by atoms with Gasteiger partial charge in [0.05, 0.1) is 19.3 Å². The van der Waals surface area contributed by atoms with E-state index in [-0.39, 0.29) is 6.04 Å². The van der Waals surface area contributed by atoms with E-state index in [2.05, 4.69) is 26.1 Å². The Labute approximate surface area is 367 Å². The lowest BCUT2D eigenvalue weighted by Gasteiger charge is -2.19. The van der Waals surface area contributed by atoms with Crippen LogP contribution in [0.25, 0.3) is 0 Å². The van der Waals surface area contributed by atoms with Gasteiger partial charge in [0.15, 0.2) is 0 Å². The van der Waals surface area contributed by atoms with Crippen molar-refractivity contribution in [2.45, 2.75) is 303 Å². The van der Waals surface area contributed by atoms with Gasteiger partial charge in [0.2, 0.25) is 0 Å². The van der Waals surface area contributed by atoms with Crippen molar-refractivity contribution in [2.24, 2.45) is 0 Å². The monoisotopic (exact) mass is 822 g/mol. The Balaban J connectivity index is 3.94. The van der Waals surface area contributed by atoms with Crippen molar-refractivity contribution < 1.29 is 14.2 Å². The molecule has 0 fully saturated rings. The first-order valence-electron chi connectivity index (χ1n) is 27.3. The Morgan fingerprint density at radius 1 is 0.241 bits per heavy atom. The van der Waals surface area contributed by atoms with Crippen LogP contribution in [0.4, 0.5) is 0 Å². The van der Waals surface area contributed by atoms with Crippen molar-refractivity contribution in [1.29, 1.82) is 0 Å². The summed E-state index contributed by atoms with van der Waals surface area (Å²) in [5.41, 5.74) is 0. The average molecular weight is 822 g/mol. The van der Waals surface area contributed by atoms with Crippen LogP contribution in [-0.4, -0.2) is 52.2 Å². The molecule has 350 valence electrons. The summed E-state index contributed by atoms with van der Waals surface area (Å²) in [5, 5.41) is 3.75. The minimum absolute atomic E-state index is 0.282. The van der Waals surface area contributed by atoms with Crippen LogP contribution in [0.5, 0.6) is 0 Å². The predicted molar refractivity (Wildman–Crippen MR) is 260 cm³/mol. The predicted octanol–water partition coefficient (Wildman–Crippen LogP) is 17.8. The molecule has 0 aromatic rings. The molecule has 0 bridgehead atoms. The molecule has 0 aliphatic heterocycles. The molecule has 0 aliphatic carbocycles. The maximum atomic E-state index is 6.20. The molecule has 0 saturated heterocycles. The lowest BCUT2D eigenvalue weighted by molar-refractivity contribution is 0.0514. The maximum Gasteiger partial charge on any atom is 0.0642 e. The number of hydrogen-bond donors (Lipinski definition) is 1. The van der Waals surface area contributed by atoms with E-state index in [4.69, 9.17) is 14.2 Å². The molecule has 0 radical (unpaired) electrons. The second-order valence-corrected chi connectivity index (χ2v) is 18.6. The van der Waals surface area contributed by atoms with Crippen molar-refractivity contribution in [2.75, 3.05) is 46.2 Å². The summed E-state index contributed by atoms with van der Waals surface area (Å²) in [6, 6.07) is 0.282. The molecule has 0 rings (SSSR count). The highest BCUT2D eigenvalue weighted by Gasteiger charge is 2.09. The third-order valence-electron chi connectivity index (χ3n) is 12.5. The summed E-state index contributed by atoms with van der Waals surface area (Å²) in [7, 11) is 0. The molecular weight excluding hydrogens is 711 g/mol. The van der Waals surface area contributed by atoms with E-state index in [0.717, 1.165) is 52.6 Å². The van der Waals surface area contributed by atoms with Gasteiger partial charge in [0, 0.05) is 26.4 Å². The van der Waals surface area contributed by atoms with Gasteiger partial charge in [-0.05, 0) is 32.2 Å². The summed E-state index contributed by atoms with van der Waals surface area (Å²) in [5.74, 6) is 0. The molecule has 4 heteroatoms. The first kappa shape index (κ1) is 57.8. The topological polar surface area (TPSA) is 39.7 Å². The van der Waals surface area contributed by atoms with Crippen LogP contribution < -0.4 is 5.32 Å². The van der Waals surface area contributed by atoms with Crippen LogP contribution in [0.2, 0.25) is 0 Å². The Morgan fingerprint density at radius 3 is 0.707 bits per heavy atom. The second-order valence-electron chi connectivity index (χ2n) is 18.6. The van der Waals surface area contributed by atoms with E-state index in [9.17, 15) is 0 Å². The van der Waals surface area contributed by atoms with E-state index in [1.807, 2.05) is 0 Å². The Morgan fingerprint density at radius 2 is 0.448 bits per heavy atom. The van der Waals surface area contributed by atoms with Crippen LogP contribution in [0.15, 0.2) is 0 Å². The molecule has 0 aliphatic rings. The fraction of sp³-hybridized carbons (Fsp3) is 1.00. The molecule has 0 heterocycles. The fourth-order valence-electron chi connectivity index (χ4n) is 8.40. The first-order chi connectivity index (χ1) is 28.8. The quantitative estimate of drug-likeness (QED) is 0.0621. The van der Waals surface area contributed by atoms with Crippen molar-refractivity contribution in [3.8, 4) is 0 Å². The molecule has 0 amide bonds. The van der Waals surface area contributed by atoms with Gasteiger partial charge in [-0.3, -0.25) is 0 Å². The Bertz CT molecular complexity index is 653. The van der Waals surface area contributed by atoms with E-state index in [1.54, 1.807) is 0 Å². The summed E-state index contributed by atoms with van der Waals surface area (Å²) >= 11 is 0. The van der Waals surface area contributed by atoms with Crippen LogP contribution in [0.1, 0.15) is 297 Å². The minimum Gasteiger partial charge on any atom is -0.381 e. The van der Waals surface area contributed by atoms with Gasteiger partial charge in [-0.2, -0.15) is 0 Å². The Hall–Kier alpha value is -0.160. The third-order valence-corrected chi connectivity index (χ3v) is 12.5. The second kappa shape index (κ2) is 54.9. The molecule has 1 N–H and O–H groups in total. The number of hydrogen-bond acceptors (Lipinski definition) is 4. The fourth-order valence-corrected chi connectivity index (χ4v) is 8.40. The molecule has 0 atom stereocenters. The highest BCUT2D eigenvalue weighted by Crippen LogP contribution is 2.16. The van der Waals surface area contributed by atoms with E-state index in [1.165, 1.54) is 270 Å². The van der Waals surface area contributed by atoms with Crippen molar-refractivity contribution >= 4 is 0 Å². The lowest BCUT2D eigenvalue weighted by Crippen LogP contribution is -2.38. The van der Waals surface area contributed by atoms with Gasteiger partial charge < -0.3 is 19.5 Å². The Kier molecular flexibility index (Phi) is 54.7. The zero-order valence-electron chi connectivity index (χ0n) is 40.7. The van der Waals surface area contributed by atoms with E-state index in [0.29, 0.717) is 0 Å². The van der Waals surface area contributed by atoms with Crippen molar-refractivity contribution in [1.82, 2.24) is 5.32 Å². The van der Waals surface area contributed by atoms with Crippen LogP contribution in [0, 0.1) is 0 Å². The summed E-state index contributed by atoms with van der Waals surface area (Å²) in [6.45, 7) is 13.0. The number of rotatable bonds is 54. The van der Waals surface area contributed by atoms with Gasteiger partial charge >= 0.3 is 0 Å². The molecule has 0 aromatic heterocycles. The zero-order valence-corrected chi connectivity index (χ0v) is 40.7. The van der Waals surface area contributed by atoms with Crippen molar-refractivity contribution in [3.63, 3.8) is 0 Å². The SMILES string of the molecule is CCCCCCCCCCCCCCCCOCCCNC(COCCCCCCCCCCCCCCCC)COCCCCCCCCCCCCCCCC. The normalized spacial score (nSPS) is 11.8. The molecule has 0 spiro atoms. The van der Waals surface area contributed by atoms with E-state index < -0.39 is 0 Å². The third kappa shape index (κ3) is 52.0. The summed E-state index contributed by atoms with van der Waals surface area (Å²) < 4.78 is 18.4. The highest BCUT2D eigenvalue weighted by molar-refractivity contribution is 4.66. The number of ether oxygens (including phenoxy) is 3. The van der Waals surface area contributed by atoms with Gasteiger partial charge in [0.1, 0.15) is 0 Å². The van der Waals surface area contributed by atoms with Gasteiger partial charge in [0.25, 0.3) is 0 Å². The molecule has 0 aromatic carbocycles. The van der Waals surface area contributed by atoms with Gasteiger partial charge in [-0.1, -0.05) is 271 Å². The molecule has 0 unspecified atom stereocenters. The molecule has 0 saturated carbocycles. The summed E-state index contributed by atoms with van der Waals surface area (Å²) in [6.07, 6.45) is 59.9.